The van der Waals surface area contributed by atoms with Crippen LogP contribution in [0.2, 0.25) is 0 Å². The molecule has 0 aromatic rings. The van der Waals surface area contributed by atoms with Crippen molar-refractivity contribution in [1.82, 2.24) is 20.0 Å². The Balaban J connectivity index is 2.23. The van der Waals surface area contributed by atoms with E-state index < -0.39 is 0 Å². The summed E-state index contributed by atoms with van der Waals surface area (Å²) in [5.74, 6) is 1.22. The Hall–Kier alpha value is -1.90. The first-order valence-electron chi connectivity index (χ1n) is 24.6. The molecule has 0 saturated carbocycles. The second-order valence-electron chi connectivity index (χ2n) is 16.7. The van der Waals surface area contributed by atoms with Crippen molar-refractivity contribution in [2.45, 2.75) is 181 Å². The van der Waals surface area contributed by atoms with Crippen molar-refractivity contribution in [3.05, 3.63) is 0 Å². The van der Waals surface area contributed by atoms with Gasteiger partial charge in [0.25, 0.3) is 0 Å². The third-order valence-corrected chi connectivity index (χ3v) is 13.4. The van der Waals surface area contributed by atoms with Crippen LogP contribution in [0.1, 0.15) is 181 Å². The Morgan fingerprint density at radius 2 is 0.934 bits per heavy atom. The third-order valence-electron chi connectivity index (χ3n) is 11.1. The van der Waals surface area contributed by atoms with Crippen LogP contribution >= 0.6 is 21.6 Å². The Morgan fingerprint density at radius 3 is 1.43 bits per heavy atom. The highest BCUT2D eigenvalue weighted by atomic mass is 33.1. The second kappa shape index (κ2) is 43.4. The van der Waals surface area contributed by atoms with Gasteiger partial charge in [0.05, 0.1) is 13.2 Å². The molecule has 1 aliphatic rings. The average Bonchev–Trinajstić information content (AvgIpc) is 3.25. The summed E-state index contributed by atoms with van der Waals surface area (Å²) in [6.45, 7) is 13.1. The van der Waals surface area contributed by atoms with E-state index in [4.69, 9.17) is 18.9 Å². The van der Waals surface area contributed by atoms with Crippen molar-refractivity contribution in [3.63, 3.8) is 0 Å². The molecule has 0 aromatic heterocycles. The average molecular weight is 903 g/mol. The van der Waals surface area contributed by atoms with Crippen LogP contribution in [0.5, 0.6) is 0 Å². The van der Waals surface area contributed by atoms with Gasteiger partial charge in [-0.05, 0) is 45.6 Å². The molecule has 0 aliphatic carbocycles. The molecular formula is C47H90N4O8S2. The highest BCUT2D eigenvalue weighted by Gasteiger charge is 2.16. The Morgan fingerprint density at radius 1 is 0.508 bits per heavy atom. The van der Waals surface area contributed by atoms with Crippen molar-refractivity contribution in [2.24, 2.45) is 0 Å². The van der Waals surface area contributed by atoms with Crippen molar-refractivity contribution >= 4 is 45.7 Å². The molecule has 0 unspecified atom stereocenters. The van der Waals surface area contributed by atoms with Crippen LogP contribution in [0, 0.1) is 0 Å². The van der Waals surface area contributed by atoms with E-state index in [0.717, 1.165) is 135 Å². The van der Waals surface area contributed by atoms with Gasteiger partial charge in [0.2, 0.25) is 0 Å². The molecule has 0 radical (unpaired) electrons. The van der Waals surface area contributed by atoms with Crippen molar-refractivity contribution in [1.29, 1.82) is 0 Å². The number of nitrogens with zero attached hydrogens (tertiary/aromatic N) is 3. The number of carbonyl (C=O) groups excluding carboxylic acids is 4. The quantitative estimate of drug-likeness (QED) is 0.0271. The summed E-state index contributed by atoms with van der Waals surface area (Å²) in [6, 6.07) is 0. The van der Waals surface area contributed by atoms with Crippen LogP contribution in [-0.4, -0.2) is 136 Å². The van der Waals surface area contributed by atoms with Gasteiger partial charge in [0.15, 0.2) is 0 Å². The molecule has 0 atom stereocenters. The zero-order chi connectivity index (χ0) is 44.3. The summed E-state index contributed by atoms with van der Waals surface area (Å²) in [6.07, 6.45) is 26.8. The topological polar surface area (TPSA) is 127 Å². The van der Waals surface area contributed by atoms with E-state index in [1.165, 1.54) is 51.4 Å². The minimum Gasteiger partial charge on any atom is -0.466 e. The van der Waals surface area contributed by atoms with E-state index in [9.17, 15) is 19.2 Å². The zero-order valence-electron chi connectivity index (χ0n) is 39.2. The molecule has 1 aliphatic heterocycles. The van der Waals surface area contributed by atoms with E-state index in [2.05, 4.69) is 36.0 Å². The lowest BCUT2D eigenvalue weighted by Gasteiger charge is -2.32. The molecule has 12 nitrogen and oxygen atoms in total. The summed E-state index contributed by atoms with van der Waals surface area (Å²) >= 11 is 0. The Kier molecular flexibility index (Phi) is 40.6. The van der Waals surface area contributed by atoms with Gasteiger partial charge < -0.3 is 34.1 Å². The van der Waals surface area contributed by atoms with Gasteiger partial charge in [-0.3, -0.25) is 14.5 Å². The maximum atomic E-state index is 13.1. The van der Waals surface area contributed by atoms with Gasteiger partial charge in [-0.2, -0.15) is 0 Å². The number of esters is 2. The van der Waals surface area contributed by atoms with Gasteiger partial charge in [0.1, 0.15) is 13.2 Å². The lowest BCUT2D eigenvalue weighted by Crippen LogP contribution is -2.47. The first kappa shape index (κ1) is 57.1. The summed E-state index contributed by atoms with van der Waals surface area (Å²) in [5, 5.41) is 2.84. The van der Waals surface area contributed by atoms with Crippen LogP contribution in [-0.2, 0) is 28.5 Å². The van der Waals surface area contributed by atoms with E-state index in [0.29, 0.717) is 70.4 Å². The molecule has 2 amide bonds. The van der Waals surface area contributed by atoms with Crippen molar-refractivity contribution in [3.8, 4) is 0 Å². The second-order valence-corrected chi connectivity index (χ2v) is 19.4. The van der Waals surface area contributed by atoms with Crippen LogP contribution in [0.3, 0.4) is 0 Å². The molecule has 1 rings (SSSR count). The predicted molar refractivity (Wildman–Crippen MR) is 254 cm³/mol. The highest BCUT2D eigenvalue weighted by molar-refractivity contribution is 8.76. The number of hydrogen-bond acceptors (Lipinski definition) is 12. The van der Waals surface area contributed by atoms with Gasteiger partial charge in [0, 0.05) is 76.7 Å². The molecule has 1 saturated heterocycles. The van der Waals surface area contributed by atoms with E-state index in [1.54, 1.807) is 21.6 Å². The molecule has 1 N–H and O–H groups in total. The molecule has 1 heterocycles. The maximum absolute atomic E-state index is 13.1. The number of piperazine rings is 1. The largest absolute Gasteiger partial charge is 0.466 e. The minimum absolute atomic E-state index is 0.0604. The molecule has 14 heteroatoms. The molecule has 0 aromatic carbocycles. The molecule has 1 fully saturated rings. The van der Waals surface area contributed by atoms with Gasteiger partial charge in [-0.1, -0.05) is 151 Å². The van der Waals surface area contributed by atoms with E-state index in [1.807, 2.05) is 4.90 Å². The Bertz CT molecular complexity index is 1010. The number of hydrogen-bond donors (Lipinski definition) is 1. The normalized spacial score (nSPS) is 13.2. The van der Waals surface area contributed by atoms with Crippen LogP contribution in [0.4, 0.5) is 9.59 Å². The van der Waals surface area contributed by atoms with Crippen molar-refractivity contribution < 1.29 is 38.1 Å². The molecule has 61 heavy (non-hydrogen) atoms. The number of nitrogens with one attached hydrogen (secondary N) is 1. The summed E-state index contributed by atoms with van der Waals surface area (Å²) in [7, 11) is 5.36. The standard InChI is InChI=1S/C47H90N4O8S2/c1-4-6-8-10-16-22-28-44(52)56-38-26-20-14-12-18-24-31-51(32-25-19-13-15-21-27-39-57-45(53)29-23-17-11-9-7-5-2)47(55)59-41-43-61-60-42-40-58-46(54)48-30-33-50-36-34-49(3)35-37-50/h4-43H2,1-3H3,(H,48,54). The number of amides is 2. The predicted octanol–water partition coefficient (Wildman–Crippen LogP) is 11.0. The van der Waals surface area contributed by atoms with Crippen molar-refractivity contribution in [2.75, 3.05) is 97.3 Å². The van der Waals surface area contributed by atoms with E-state index >= 15 is 0 Å². The van der Waals surface area contributed by atoms with Gasteiger partial charge in [-0.25, -0.2) is 9.59 Å². The van der Waals surface area contributed by atoms with Crippen LogP contribution in [0.25, 0.3) is 0 Å². The van der Waals surface area contributed by atoms with Gasteiger partial charge in [-0.15, -0.1) is 0 Å². The SMILES string of the molecule is CCCCCCCCC(=O)OCCCCCCCCN(CCCCCCCCOC(=O)CCCCCCCC)C(=O)OCCSSCCOC(=O)NCCN1CCN(C)CC1. The third kappa shape index (κ3) is 38.3. The highest BCUT2D eigenvalue weighted by Crippen LogP contribution is 2.20. The summed E-state index contributed by atoms with van der Waals surface area (Å²) in [4.78, 5) is 55.7. The maximum Gasteiger partial charge on any atom is 0.409 e. The van der Waals surface area contributed by atoms with Gasteiger partial charge >= 0.3 is 24.1 Å². The number of likely N-dealkylation sites (N-methyl/N-ethyl adjacent to an activating group) is 1. The molecule has 0 spiro atoms. The monoisotopic (exact) mass is 903 g/mol. The summed E-state index contributed by atoms with van der Waals surface area (Å²) in [5.41, 5.74) is 0. The number of alkyl carbamates (subject to hydrolysis) is 1. The summed E-state index contributed by atoms with van der Waals surface area (Å²) < 4.78 is 21.9. The lowest BCUT2D eigenvalue weighted by atomic mass is 10.1. The number of carbonyl (C=O) groups is 4. The molecule has 0 bridgehead atoms. The Labute approximate surface area is 380 Å². The van der Waals surface area contributed by atoms with E-state index in [-0.39, 0.29) is 24.1 Å². The fourth-order valence-electron chi connectivity index (χ4n) is 7.11. The first-order valence-corrected chi connectivity index (χ1v) is 27.1. The molecular weight excluding hydrogens is 813 g/mol. The number of rotatable bonds is 42. The van der Waals surface area contributed by atoms with Crippen LogP contribution < -0.4 is 5.32 Å². The fraction of sp³-hybridized carbons (Fsp3) is 0.915. The lowest BCUT2D eigenvalue weighted by molar-refractivity contribution is -0.144. The fourth-order valence-corrected chi connectivity index (χ4v) is 8.77. The zero-order valence-corrected chi connectivity index (χ0v) is 40.8. The minimum atomic E-state index is -0.373. The smallest absolute Gasteiger partial charge is 0.409 e. The number of ether oxygens (including phenoxy) is 4. The first-order chi connectivity index (χ1) is 29.8. The number of unbranched alkanes of at least 4 members (excludes halogenated alkanes) is 20. The van der Waals surface area contributed by atoms with Crippen LogP contribution in [0.15, 0.2) is 0 Å². The molecule has 358 valence electrons.